The molecular weight excluding hydrogens is 631 g/mol. The molecule has 7 N–H and O–H groups in total. The van der Waals surface area contributed by atoms with Crippen molar-refractivity contribution in [3.63, 3.8) is 0 Å². The largest absolute Gasteiger partial charge is 0.491 e. The highest BCUT2D eigenvalue weighted by Gasteiger charge is 2.10. The molecule has 10 nitrogen and oxygen atoms in total. The molecule has 1 amide bonds. The van der Waals surface area contributed by atoms with E-state index < -0.39 is 0 Å². The third-order valence-corrected chi connectivity index (χ3v) is 8.36. The van der Waals surface area contributed by atoms with Crippen LogP contribution in [0.2, 0.25) is 10.0 Å². The van der Waals surface area contributed by atoms with Gasteiger partial charge in [0.05, 0.1) is 27.9 Å². The average molecular weight is 666 g/mol. The normalized spacial score (nSPS) is 11.4. The van der Waals surface area contributed by atoms with Crippen LogP contribution in [0.4, 0.5) is 5.82 Å². The summed E-state index contributed by atoms with van der Waals surface area (Å²) in [6.45, 7) is 1.35. The van der Waals surface area contributed by atoms with Crippen LogP contribution in [-0.4, -0.2) is 41.4 Å². The standard InChI is InChI=1S/C32H34Cl2N8O2S/c33-25-8-4-9-26(34)31(25)45-21-24-11-13-28(44-19-16-22-6-2-1-3-7-22)27(40-24)12-15-29(41-35)37-17-5-18-38-32(43)23-10-14-30(42-36)39-20-23/h1-4,6-15,20H,5,16-19,21,35-36H2,(H,37,41)(H,38,43)(H,39,42)/b15-12+. The van der Waals surface area contributed by atoms with Gasteiger partial charge in [0.1, 0.15) is 23.1 Å². The molecule has 4 aromatic rings. The summed E-state index contributed by atoms with van der Waals surface area (Å²) in [5.74, 6) is 13.0. The summed E-state index contributed by atoms with van der Waals surface area (Å²) < 4.78 is 6.14. The van der Waals surface area contributed by atoms with E-state index >= 15 is 0 Å². The number of nitrogens with one attached hydrogen (secondary N) is 3. The number of rotatable bonds is 15. The molecule has 2 aromatic heterocycles. The molecule has 4 rings (SSSR count). The number of halogens is 2. The van der Waals surface area contributed by atoms with Gasteiger partial charge in [-0.15, -0.1) is 11.8 Å². The van der Waals surface area contributed by atoms with Crippen molar-refractivity contribution in [2.45, 2.75) is 23.5 Å². The minimum atomic E-state index is -0.229. The van der Waals surface area contributed by atoms with E-state index in [9.17, 15) is 4.79 Å². The number of anilines is 1. The molecule has 0 fully saturated rings. The Bertz CT molecular complexity index is 1580. The number of amides is 1. The quantitative estimate of drug-likeness (QED) is 0.0270. The fourth-order valence-corrected chi connectivity index (χ4v) is 5.61. The molecule has 0 aliphatic carbocycles. The van der Waals surface area contributed by atoms with Crippen LogP contribution < -0.4 is 32.6 Å². The van der Waals surface area contributed by atoms with Crippen molar-refractivity contribution in [1.82, 2.24) is 20.7 Å². The third-order valence-electron chi connectivity index (χ3n) is 6.34. The van der Waals surface area contributed by atoms with Gasteiger partial charge in [0.25, 0.3) is 5.91 Å². The van der Waals surface area contributed by atoms with Crippen molar-refractivity contribution in [2.24, 2.45) is 16.7 Å². The average Bonchev–Trinajstić information content (AvgIpc) is 3.07. The van der Waals surface area contributed by atoms with Gasteiger partial charge in [0.2, 0.25) is 0 Å². The molecule has 13 heteroatoms. The minimum Gasteiger partial charge on any atom is -0.491 e. The number of hydrogen-bond donors (Lipinski definition) is 5. The molecule has 45 heavy (non-hydrogen) atoms. The van der Waals surface area contributed by atoms with Crippen molar-refractivity contribution < 1.29 is 9.53 Å². The van der Waals surface area contributed by atoms with E-state index in [-0.39, 0.29) is 5.91 Å². The van der Waals surface area contributed by atoms with Gasteiger partial charge in [-0.2, -0.15) is 0 Å². The van der Waals surface area contributed by atoms with E-state index in [1.54, 1.807) is 18.2 Å². The number of carbonyl (C=O) groups is 1. The fraction of sp³-hybridized carbons (Fsp3) is 0.188. The van der Waals surface area contributed by atoms with Crippen LogP contribution in [0.5, 0.6) is 5.75 Å². The zero-order valence-corrected chi connectivity index (χ0v) is 26.7. The maximum Gasteiger partial charge on any atom is 0.252 e. The SMILES string of the molecule is NNC(/C=C/c1nc(CSc2c(Cl)cccc2Cl)ccc1OCCc1ccccc1)=NCCCNC(=O)c1ccc(NN)nc1. The number of amidine groups is 1. The molecule has 0 aliphatic heterocycles. The predicted octanol–water partition coefficient (Wildman–Crippen LogP) is 5.68. The second kappa shape index (κ2) is 18.0. The lowest BCUT2D eigenvalue weighted by Crippen LogP contribution is -2.29. The van der Waals surface area contributed by atoms with Gasteiger partial charge < -0.3 is 20.9 Å². The molecule has 0 aliphatic rings. The van der Waals surface area contributed by atoms with Crippen LogP contribution in [0.25, 0.3) is 6.08 Å². The van der Waals surface area contributed by atoms with Crippen LogP contribution in [0.15, 0.2) is 95.0 Å². The van der Waals surface area contributed by atoms with Gasteiger partial charge in [-0.1, -0.05) is 59.6 Å². The number of nitrogens with zero attached hydrogens (tertiary/aromatic N) is 3. The Morgan fingerprint density at radius 3 is 2.51 bits per heavy atom. The van der Waals surface area contributed by atoms with Gasteiger partial charge in [-0.05, 0) is 60.5 Å². The van der Waals surface area contributed by atoms with Gasteiger partial charge in [0.15, 0.2) is 0 Å². The van der Waals surface area contributed by atoms with E-state index in [2.05, 4.69) is 38.3 Å². The van der Waals surface area contributed by atoms with E-state index in [4.69, 9.17) is 44.6 Å². The van der Waals surface area contributed by atoms with E-state index in [1.807, 2.05) is 54.6 Å². The molecule has 0 atom stereocenters. The van der Waals surface area contributed by atoms with Gasteiger partial charge in [-0.25, -0.2) is 21.7 Å². The Kier molecular flexibility index (Phi) is 13.5. The topological polar surface area (TPSA) is 153 Å². The minimum absolute atomic E-state index is 0.229. The predicted molar refractivity (Wildman–Crippen MR) is 184 cm³/mol. The maximum atomic E-state index is 12.3. The number of thioether (sulfide) groups is 1. The first kappa shape index (κ1) is 33.8. The van der Waals surface area contributed by atoms with Crippen LogP contribution >= 0.6 is 35.0 Å². The van der Waals surface area contributed by atoms with Crippen molar-refractivity contribution in [3.8, 4) is 5.75 Å². The highest BCUT2D eigenvalue weighted by atomic mass is 35.5. The Morgan fingerprint density at radius 2 is 1.80 bits per heavy atom. The summed E-state index contributed by atoms with van der Waals surface area (Å²) in [4.78, 5) is 26.5. The summed E-state index contributed by atoms with van der Waals surface area (Å²) in [5, 5.41) is 4.04. The summed E-state index contributed by atoms with van der Waals surface area (Å²) in [6, 6.07) is 22.7. The van der Waals surface area contributed by atoms with E-state index in [0.29, 0.717) is 70.6 Å². The maximum absolute atomic E-state index is 12.3. The highest BCUT2D eigenvalue weighted by Crippen LogP contribution is 2.35. The lowest BCUT2D eigenvalue weighted by molar-refractivity contribution is 0.0953. The number of aromatic nitrogens is 2. The molecule has 0 spiro atoms. The highest BCUT2D eigenvalue weighted by molar-refractivity contribution is 7.98. The summed E-state index contributed by atoms with van der Waals surface area (Å²) in [6.07, 6.45) is 6.36. The van der Waals surface area contributed by atoms with Gasteiger partial charge >= 0.3 is 0 Å². The Labute approximate surface area is 276 Å². The first-order chi connectivity index (χ1) is 22.0. The molecule has 0 radical (unpaired) electrons. The summed E-state index contributed by atoms with van der Waals surface area (Å²) in [7, 11) is 0. The van der Waals surface area contributed by atoms with Gasteiger partial charge in [-0.3, -0.25) is 9.79 Å². The first-order valence-electron chi connectivity index (χ1n) is 14.1. The van der Waals surface area contributed by atoms with E-state index in [1.165, 1.54) is 23.5 Å². The Morgan fingerprint density at radius 1 is 1.00 bits per heavy atom. The first-order valence-corrected chi connectivity index (χ1v) is 15.8. The molecule has 0 saturated heterocycles. The third kappa shape index (κ3) is 10.8. The van der Waals surface area contributed by atoms with Crippen molar-refractivity contribution in [3.05, 3.63) is 118 Å². The molecular formula is C32H34Cl2N8O2S. The monoisotopic (exact) mass is 664 g/mol. The van der Waals surface area contributed by atoms with Crippen LogP contribution in [0, 0.1) is 0 Å². The molecule has 2 aromatic carbocycles. The number of carbonyl (C=O) groups excluding carboxylic acids is 1. The smallest absolute Gasteiger partial charge is 0.252 e. The Balaban J connectivity index is 1.39. The zero-order valence-electron chi connectivity index (χ0n) is 24.4. The molecule has 0 saturated carbocycles. The van der Waals surface area contributed by atoms with Crippen molar-refractivity contribution in [2.75, 3.05) is 25.1 Å². The summed E-state index contributed by atoms with van der Waals surface area (Å²) in [5.41, 5.74) is 8.12. The molecule has 0 bridgehead atoms. The second-order valence-electron chi connectivity index (χ2n) is 9.54. The molecule has 0 unspecified atom stereocenters. The lowest BCUT2D eigenvalue weighted by atomic mass is 10.2. The Hall–Kier alpha value is -4.13. The van der Waals surface area contributed by atoms with Crippen LogP contribution in [0.3, 0.4) is 0 Å². The van der Waals surface area contributed by atoms with Crippen molar-refractivity contribution in [1.29, 1.82) is 0 Å². The van der Waals surface area contributed by atoms with Crippen LogP contribution in [-0.2, 0) is 12.2 Å². The molecule has 234 valence electrons. The number of nitrogens with two attached hydrogens (primary N) is 2. The number of nitrogen functional groups attached to an aromatic ring is 1. The molecule has 2 heterocycles. The number of hydrogen-bond acceptors (Lipinski definition) is 9. The number of benzene rings is 2. The second-order valence-corrected chi connectivity index (χ2v) is 11.3. The van der Waals surface area contributed by atoms with Crippen LogP contribution in [0.1, 0.15) is 33.7 Å². The van der Waals surface area contributed by atoms with Crippen molar-refractivity contribution >= 4 is 58.6 Å². The number of hydrazine groups is 2. The number of aliphatic imine (C=N–C) groups is 1. The zero-order chi connectivity index (χ0) is 31.9. The summed E-state index contributed by atoms with van der Waals surface area (Å²) >= 11 is 14.2. The van der Waals surface area contributed by atoms with E-state index in [0.717, 1.165) is 17.0 Å². The lowest BCUT2D eigenvalue weighted by Gasteiger charge is -2.12. The fourth-order valence-electron chi connectivity index (χ4n) is 4.02. The number of ether oxygens (including phenoxy) is 1. The van der Waals surface area contributed by atoms with Gasteiger partial charge in [0, 0.05) is 36.4 Å². The number of pyridine rings is 2.